The van der Waals surface area contributed by atoms with Crippen molar-refractivity contribution in [2.24, 2.45) is 5.92 Å². The molecule has 0 aliphatic carbocycles. The van der Waals surface area contributed by atoms with Crippen LogP contribution in [-0.2, 0) is 14.3 Å². The molecular formula is C9H15IO3. The molecule has 2 unspecified atom stereocenters. The Balaban J connectivity index is 2.59. The lowest BCUT2D eigenvalue weighted by atomic mass is 9.80. The van der Waals surface area contributed by atoms with E-state index in [0.717, 1.165) is 4.43 Å². The smallest absolute Gasteiger partial charge is 0.314 e. The van der Waals surface area contributed by atoms with Crippen LogP contribution < -0.4 is 0 Å². The van der Waals surface area contributed by atoms with E-state index in [4.69, 9.17) is 9.47 Å². The second-order valence-corrected chi connectivity index (χ2v) is 4.52. The van der Waals surface area contributed by atoms with Gasteiger partial charge in [0.25, 0.3) is 0 Å². The number of hydrogen-bond acceptors (Lipinski definition) is 3. The van der Waals surface area contributed by atoms with Gasteiger partial charge in [-0.2, -0.15) is 0 Å². The summed E-state index contributed by atoms with van der Waals surface area (Å²) in [6.45, 7) is 6.12. The quantitative estimate of drug-likeness (QED) is 0.452. The van der Waals surface area contributed by atoms with E-state index in [1.54, 1.807) is 0 Å². The molecule has 0 radical (unpaired) electrons. The topological polar surface area (TPSA) is 35.5 Å². The Hall–Kier alpha value is 0.160. The first-order valence-corrected chi connectivity index (χ1v) is 5.96. The molecule has 1 heterocycles. The third-order valence-corrected chi connectivity index (χ3v) is 3.14. The van der Waals surface area contributed by atoms with Crippen molar-refractivity contribution >= 4 is 28.6 Å². The lowest BCUT2D eigenvalue weighted by Crippen LogP contribution is -2.60. The maximum atomic E-state index is 11.5. The predicted molar refractivity (Wildman–Crippen MR) is 58.0 cm³/mol. The van der Waals surface area contributed by atoms with E-state index >= 15 is 0 Å². The number of rotatable bonds is 3. The standard InChI is InChI=1S/C9H15IO3/c1-4-12-8(11)7-6(5-10)13-9(7,2)3/h6-7H,4-5H2,1-3H3. The zero-order chi connectivity index (χ0) is 10.1. The van der Waals surface area contributed by atoms with Gasteiger partial charge in [-0.15, -0.1) is 0 Å². The van der Waals surface area contributed by atoms with Crippen LogP contribution in [0.1, 0.15) is 20.8 Å². The summed E-state index contributed by atoms with van der Waals surface area (Å²) in [6, 6.07) is 0. The van der Waals surface area contributed by atoms with Crippen LogP contribution in [0.25, 0.3) is 0 Å². The summed E-state index contributed by atoms with van der Waals surface area (Å²) in [6.07, 6.45) is 0.0367. The lowest BCUT2D eigenvalue weighted by Gasteiger charge is -2.48. The van der Waals surface area contributed by atoms with Gasteiger partial charge in [0.2, 0.25) is 0 Å². The molecule has 1 aliphatic rings. The fourth-order valence-corrected chi connectivity index (χ4v) is 2.38. The first-order valence-electron chi connectivity index (χ1n) is 4.43. The molecule has 13 heavy (non-hydrogen) atoms. The summed E-state index contributed by atoms with van der Waals surface area (Å²) < 4.78 is 11.4. The summed E-state index contributed by atoms with van der Waals surface area (Å²) in [5.41, 5.74) is -0.345. The number of alkyl halides is 1. The number of esters is 1. The van der Waals surface area contributed by atoms with Crippen molar-refractivity contribution in [3.05, 3.63) is 0 Å². The summed E-state index contributed by atoms with van der Waals surface area (Å²) in [4.78, 5) is 11.5. The van der Waals surface area contributed by atoms with E-state index in [1.807, 2.05) is 20.8 Å². The third-order valence-electron chi connectivity index (χ3n) is 2.27. The summed E-state index contributed by atoms with van der Waals surface area (Å²) in [5.74, 6) is -0.218. The van der Waals surface area contributed by atoms with Crippen molar-refractivity contribution in [1.82, 2.24) is 0 Å². The number of hydrogen-bond donors (Lipinski definition) is 0. The van der Waals surface area contributed by atoms with Crippen molar-refractivity contribution < 1.29 is 14.3 Å². The van der Waals surface area contributed by atoms with Crippen LogP contribution in [0.3, 0.4) is 0 Å². The molecule has 4 heteroatoms. The van der Waals surface area contributed by atoms with Crippen LogP contribution in [0.4, 0.5) is 0 Å². The van der Waals surface area contributed by atoms with E-state index in [-0.39, 0.29) is 23.6 Å². The van der Waals surface area contributed by atoms with E-state index in [1.165, 1.54) is 0 Å². The normalized spacial score (nSPS) is 30.8. The Morgan fingerprint density at radius 3 is 2.62 bits per heavy atom. The molecule has 0 aromatic carbocycles. The van der Waals surface area contributed by atoms with Gasteiger partial charge in [0, 0.05) is 4.43 Å². The monoisotopic (exact) mass is 298 g/mol. The highest BCUT2D eigenvalue weighted by Crippen LogP contribution is 2.40. The Bertz CT molecular complexity index is 203. The molecule has 0 aromatic heterocycles. The van der Waals surface area contributed by atoms with Gasteiger partial charge in [0.1, 0.15) is 5.92 Å². The number of halogens is 1. The van der Waals surface area contributed by atoms with Gasteiger partial charge in [-0.05, 0) is 20.8 Å². The highest BCUT2D eigenvalue weighted by molar-refractivity contribution is 14.1. The summed E-state index contributed by atoms with van der Waals surface area (Å²) in [5, 5.41) is 0. The fraction of sp³-hybridized carbons (Fsp3) is 0.889. The van der Waals surface area contributed by atoms with E-state index < -0.39 is 0 Å². The lowest BCUT2D eigenvalue weighted by molar-refractivity contribution is -0.238. The minimum Gasteiger partial charge on any atom is -0.466 e. The number of ether oxygens (including phenoxy) is 2. The average molecular weight is 298 g/mol. The highest BCUT2D eigenvalue weighted by Gasteiger charge is 2.53. The van der Waals surface area contributed by atoms with Crippen LogP contribution >= 0.6 is 22.6 Å². The zero-order valence-electron chi connectivity index (χ0n) is 8.17. The minimum absolute atomic E-state index is 0.0367. The van der Waals surface area contributed by atoms with Crippen LogP contribution in [0, 0.1) is 5.92 Å². The van der Waals surface area contributed by atoms with Gasteiger partial charge in [-0.1, -0.05) is 22.6 Å². The Kier molecular flexibility index (Phi) is 3.57. The fourth-order valence-electron chi connectivity index (χ4n) is 1.70. The van der Waals surface area contributed by atoms with Gasteiger partial charge < -0.3 is 9.47 Å². The van der Waals surface area contributed by atoms with Crippen molar-refractivity contribution in [2.45, 2.75) is 32.5 Å². The maximum absolute atomic E-state index is 11.5. The average Bonchev–Trinajstić information content (AvgIpc) is 2.00. The van der Waals surface area contributed by atoms with Gasteiger partial charge in [-0.3, -0.25) is 4.79 Å². The Morgan fingerprint density at radius 1 is 1.62 bits per heavy atom. The number of carbonyl (C=O) groups excluding carboxylic acids is 1. The second-order valence-electron chi connectivity index (χ2n) is 3.64. The van der Waals surface area contributed by atoms with E-state index in [0.29, 0.717) is 6.61 Å². The largest absolute Gasteiger partial charge is 0.466 e. The second kappa shape index (κ2) is 4.13. The van der Waals surface area contributed by atoms with Crippen molar-refractivity contribution in [3.8, 4) is 0 Å². The molecule has 3 nitrogen and oxygen atoms in total. The molecular weight excluding hydrogens is 283 g/mol. The summed E-state index contributed by atoms with van der Waals surface area (Å²) in [7, 11) is 0. The van der Waals surface area contributed by atoms with Gasteiger partial charge in [-0.25, -0.2) is 0 Å². The maximum Gasteiger partial charge on any atom is 0.314 e. The highest BCUT2D eigenvalue weighted by atomic mass is 127. The molecule has 1 rings (SSSR count). The van der Waals surface area contributed by atoms with Crippen LogP contribution in [0.2, 0.25) is 0 Å². The molecule has 76 valence electrons. The number of carbonyl (C=O) groups is 1. The first-order chi connectivity index (χ1) is 6.03. The molecule has 1 saturated heterocycles. The molecule has 0 spiro atoms. The molecule has 0 aromatic rings. The minimum atomic E-state index is -0.345. The van der Waals surface area contributed by atoms with Crippen LogP contribution in [0.5, 0.6) is 0 Å². The molecule has 1 aliphatic heterocycles. The van der Waals surface area contributed by atoms with Crippen molar-refractivity contribution in [2.75, 3.05) is 11.0 Å². The molecule has 0 amide bonds. The predicted octanol–water partition coefficient (Wildman–Crippen LogP) is 1.78. The molecule has 2 atom stereocenters. The van der Waals surface area contributed by atoms with E-state index in [2.05, 4.69) is 22.6 Å². The molecule has 1 fully saturated rings. The SMILES string of the molecule is CCOC(=O)C1C(CI)OC1(C)C. The zero-order valence-corrected chi connectivity index (χ0v) is 10.3. The van der Waals surface area contributed by atoms with Crippen molar-refractivity contribution in [1.29, 1.82) is 0 Å². The third kappa shape index (κ3) is 2.15. The molecule has 0 bridgehead atoms. The first kappa shape index (κ1) is 11.2. The van der Waals surface area contributed by atoms with Crippen LogP contribution in [-0.4, -0.2) is 28.7 Å². The molecule has 0 N–H and O–H groups in total. The van der Waals surface area contributed by atoms with Gasteiger partial charge in [0.15, 0.2) is 0 Å². The van der Waals surface area contributed by atoms with Gasteiger partial charge in [0.05, 0.1) is 18.3 Å². The Labute approximate surface area is 92.3 Å². The molecule has 0 saturated carbocycles. The van der Waals surface area contributed by atoms with E-state index in [9.17, 15) is 4.79 Å². The van der Waals surface area contributed by atoms with Crippen LogP contribution in [0.15, 0.2) is 0 Å². The Morgan fingerprint density at radius 2 is 2.23 bits per heavy atom. The summed E-state index contributed by atoms with van der Waals surface area (Å²) >= 11 is 2.23. The van der Waals surface area contributed by atoms with Gasteiger partial charge >= 0.3 is 5.97 Å². The van der Waals surface area contributed by atoms with Crippen molar-refractivity contribution in [3.63, 3.8) is 0 Å².